The molecular formula is C13H8BrFN4O. The molecule has 1 aromatic carbocycles. The molecule has 5 nitrogen and oxygen atoms in total. The molecule has 0 fully saturated rings. The number of nitrogens with two attached hydrogens (primary N) is 1. The van der Waals surface area contributed by atoms with Gasteiger partial charge in [-0.25, -0.2) is 4.39 Å². The van der Waals surface area contributed by atoms with Gasteiger partial charge in [-0.3, -0.25) is 4.98 Å². The van der Waals surface area contributed by atoms with Crippen LogP contribution in [0.3, 0.4) is 0 Å². The van der Waals surface area contributed by atoms with Crippen LogP contribution in [0.25, 0.3) is 22.8 Å². The van der Waals surface area contributed by atoms with Gasteiger partial charge in [0.2, 0.25) is 5.82 Å². The summed E-state index contributed by atoms with van der Waals surface area (Å²) in [4.78, 5) is 8.18. The number of hydrogen-bond donors (Lipinski definition) is 1. The van der Waals surface area contributed by atoms with Crippen molar-refractivity contribution in [2.45, 2.75) is 0 Å². The van der Waals surface area contributed by atoms with E-state index in [1.54, 1.807) is 24.5 Å². The first-order chi connectivity index (χ1) is 9.63. The van der Waals surface area contributed by atoms with Crippen molar-refractivity contribution in [2.75, 3.05) is 5.73 Å². The molecule has 0 saturated heterocycles. The smallest absolute Gasteiger partial charge is 0.261 e. The molecule has 7 heteroatoms. The number of nitrogen functional groups attached to an aromatic ring is 1. The first-order valence-electron chi connectivity index (χ1n) is 5.63. The molecule has 0 bridgehead atoms. The van der Waals surface area contributed by atoms with Gasteiger partial charge in [-0.05, 0) is 40.2 Å². The number of benzene rings is 1. The summed E-state index contributed by atoms with van der Waals surface area (Å²) in [5.41, 5.74) is 6.71. The largest absolute Gasteiger partial charge is 0.399 e. The van der Waals surface area contributed by atoms with Gasteiger partial charge in [-0.15, -0.1) is 0 Å². The molecule has 3 aromatic rings. The Bertz CT molecular complexity index is 775. The van der Waals surface area contributed by atoms with Gasteiger partial charge in [0, 0.05) is 28.1 Å². The van der Waals surface area contributed by atoms with Gasteiger partial charge < -0.3 is 10.3 Å². The highest BCUT2D eigenvalue weighted by atomic mass is 79.9. The van der Waals surface area contributed by atoms with Crippen LogP contribution in [0.5, 0.6) is 0 Å². The Morgan fingerprint density at radius 3 is 2.80 bits per heavy atom. The van der Waals surface area contributed by atoms with Crippen LogP contribution in [0.15, 0.2) is 45.7 Å². The van der Waals surface area contributed by atoms with E-state index in [4.69, 9.17) is 10.3 Å². The van der Waals surface area contributed by atoms with E-state index in [9.17, 15) is 4.39 Å². The zero-order valence-corrected chi connectivity index (χ0v) is 11.6. The third-order valence-corrected chi connectivity index (χ3v) is 3.05. The Morgan fingerprint density at radius 1 is 1.20 bits per heavy atom. The van der Waals surface area contributed by atoms with Crippen molar-refractivity contribution in [1.29, 1.82) is 0 Å². The van der Waals surface area contributed by atoms with Gasteiger partial charge in [-0.1, -0.05) is 5.16 Å². The fourth-order valence-corrected chi connectivity index (χ4v) is 2.05. The molecule has 2 heterocycles. The number of nitrogens with zero attached hydrogens (tertiary/aromatic N) is 3. The van der Waals surface area contributed by atoms with Gasteiger partial charge in [0.05, 0.1) is 5.56 Å². The van der Waals surface area contributed by atoms with E-state index in [0.717, 1.165) is 4.47 Å². The molecule has 100 valence electrons. The van der Waals surface area contributed by atoms with E-state index >= 15 is 0 Å². The van der Waals surface area contributed by atoms with Gasteiger partial charge in [0.1, 0.15) is 5.82 Å². The lowest BCUT2D eigenvalue weighted by Crippen LogP contribution is -1.89. The summed E-state index contributed by atoms with van der Waals surface area (Å²) in [6.45, 7) is 0. The Labute approximate surface area is 121 Å². The number of anilines is 1. The topological polar surface area (TPSA) is 77.8 Å². The van der Waals surface area contributed by atoms with E-state index in [1.165, 1.54) is 12.1 Å². The molecule has 0 aliphatic rings. The number of rotatable bonds is 2. The minimum Gasteiger partial charge on any atom is -0.399 e. The lowest BCUT2D eigenvalue weighted by atomic mass is 10.2. The number of pyridine rings is 1. The lowest BCUT2D eigenvalue weighted by Gasteiger charge is -1.98. The van der Waals surface area contributed by atoms with Crippen LogP contribution in [0.2, 0.25) is 0 Å². The third kappa shape index (κ3) is 2.39. The average Bonchev–Trinajstić information content (AvgIpc) is 2.88. The second-order valence-corrected chi connectivity index (χ2v) is 4.97. The molecule has 2 N–H and O–H groups in total. The van der Waals surface area contributed by atoms with E-state index in [2.05, 4.69) is 31.1 Å². The quantitative estimate of drug-likeness (QED) is 0.727. The summed E-state index contributed by atoms with van der Waals surface area (Å²) < 4.78 is 19.7. The summed E-state index contributed by atoms with van der Waals surface area (Å²) in [7, 11) is 0. The van der Waals surface area contributed by atoms with E-state index in [-0.39, 0.29) is 11.5 Å². The lowest BCUT2D eigenvalue weighted by molar-refractivity contribution is 0.429. The third-order valence-electron chi connectivity index (χ3n) is 2.61. The maximum Gasteiger partial charge on any atom is 0.261 e. The summed E-state index contributed by atoms with van der Waals surface area (Å²) in [6.07, 6.45) is 3.24. The minimum absolute atomic E-state index is 0.0949. The first-order valence-corrected chi connectivity index (χ1v) is 6.43. The summed E-state index contributed by atoms with van der Waals surface area (Å²) in [5.74, 6) is -0.0740. The molecule has 20 heavy (non-hydrogen) atoms. The van der Waals surface area contributed by atoms with Crippen LogP contribution in [0.4, 0.5) is 10.1 Å². The molecule has 0 saturated carbocycles. The van der Waals surface area contributed by atoms with E-state index in [0.29, 0.717) is 17.1 Å². The number of aromatic nitrogens is 3. The summed E-state index contributed by atoms with van der Waals surface area (Å²) in [6, 6.07) is 6.07. The van der Waals surface area contributed by atoms with Crippen LogP contribution in [-0.4, -0.2) is 15.1 Å². The van der Waals surface area contributed by atoms with Crippen LogP contribution < -0.4 is 5.73 Å². The van der Waals surface area contributed by atoms with Crippen LogP contribution in [0, 0.1) is 5.82 Å². The Hall–Kier alpha value is -2.28. The SMILES string of the molecule is Nc1ccc(-c2nc(-c3cncc(Br)c3)no2)c(F)c1. The molecular weight excluding hydrogens is 327 g/mol. The molecule has 3 rings (SSSR count). The zero-order chi connectivity index (χ0) is 14.1. The van der Waals surface area contributed by atoms with Crippen molar-refractivity contribution in [3.05, 3.63) is 46.9 Å². The Balaban J connectivity index is 2.02. The standard InChI is InChI=1S/C13H8BrFN4O/c14-8-3-7(5-17-6-8)12-18-13(20-19-12)10-2-1-9(16)4-11(10)15/h1-6H,16H2. The Kier molecular flexibility index (Phi) is 3.19. The van der Waals surface area contributed by atoms with Crippen LogP contribution in [0.1, 0.15) is 0 Å². The van der Waals surface area contributed by atoms with E-state index in [1.807, 2.05) is 0 Å². The highest BCUT2D eigenvalue weighted by Gasteiger charge is 2.14. The van der Waals surface area contributed by atoms with Gasteiger partial charge >= 0.3 is 0 Å². The molecule has 0 aliphatic heterocycles. The highest BCUT2D eigenvalue weighted by Crippen LogP contribution is 2.26. The molecule has 0 aliphatic carbocycles. The van der Waals surface area contributed by atoms with Crippen LogP contribution >= 0.6 is 15.9 Å². The maximum atomic E-state index is 13.8. The summed E-state index contributed by atoms with van der Waals surface area (Å²) in [5, 5.41) is 3.82. The van der Waals surface area contributed by atoms with Gasteiger partial charge in [0.15, 0.2) is 0 Å². The van der Waals surface area contributed by atoms with Crippen LogP contribution in [-0.2, 0) is 0 Å². The van der Waals surface area contributed by atoms with Crippen molar-refractivity contribution in [2.24, 2.45) is 0 Å². The highest BCUT2D eigenvalue weighted by molar-refractivity contribution is 9.10. The summed E-state index contributed by atoms with van der Waals surface area (Å²) >= 11 is 3.31. The molecule has 0 radical (unpaired) electrons. The molecule has 0 spiro atoms. The second-order valence-electron chi connectivity index (χ2n) is 4.05. The molecule has 2 aromatic heterocycles. The number of hydrogen-bond acceptors (Lipinski definition) is 5. The predicted molar refractivity (Wildman–Crippen MR) is 75.0 cm³/mol. The van der Waals surface area contributed by atoms with Crippen molar-refractivity contribution < 1.29 is 8.91 Å². The fraction of sp³-hybridized carbons (Fsp3) is 0. The fourth-order valence-electron chi connectivity index (χ4n) is 1.69. The zero-order valence-electron chi connectivity index (χ0n) is 10.0. The monoisotopic (exact) mass is 334 g/mol. The van der Waals surface area contributed by atoms with Crippen molar-refractivity contribution >= 4 is 21.6 Å². The molecule has 0 atom stereocenters. The molecule has 0 amide bonds. The minimum atomic E-state index is -0.507. The maximum absolute atomic E-state index is 13.8. The van der Waals surface area contributed by atoms with Crippen molar-refractivity contribution in [3.63, 3.8) is 0 Å². The van der Waals surface area contributed by atoms with Crippen molar-refractivity contribution in [3.8, 4) is 22.8 Å². The Morgan fingerprint density at radius 2 is 2.05 bits per heavy atom. The number of halogens is 2. The van der Waals surface area contributed by atoms with Gasteiger partial charge in [-0.2, -0.15) is 4.98 Å². The normalized spacial score (nSPS) is 10.7. The predicted octanol–water partition coefficient (Wildman–Crippen LogP) is 3.28. The molecule has 0 unspecified atom stereocenters. The van der Waals surface area contributed by atoms with E-state index < -0.39 is 5.82 Å². The average molecular weight is 335 g/mol. The van der Waals surface area contributed by atoms with Gasteiger partial charge in [0.25, 0.3) is 5.89 Å². The second kappa shape index (κ2) is 5.01. The first kappa shape index (κ1) is 12.7. The van der Waals surface area contributed by atoms with Crippen molar-refractivity contribution in [1.82, 2.24) is 15.1 Å².